The second-order valence-corrected chi connectivity index (χ2v) is 5.26. The molecule has 0 aliphatic heterocycles. The molecular formula is C17H17N5O2. The van der Waals surface area contributed by atoms with Crippen molar-refractivity contribution in [1.29, 1.82) is 0 Å². The maximum atomic E-state index is 12.2. The highest BCUT2D eigenvalue weighted by atomic mass is 16.5. The van der Waals surface area contributed by atoms with Gasteiger partial charge in [-0.3, -0.25) is 4.79 Å². The van der Waals surface area contributed by atoms with Gasteiger partial charge in [-0.2, -0.15) is 4.80 Å². The number of tetrazole rings is 1. The molecule has 1 N–H and O–H groups in total. The molecule has 0 saturated heterocycles. The van der Waals surface area contributed by atoms with Crippen molar-refractivity contribution in [3.8, 4) is 17.1 Å². The number of benzene rings is 2. The van der Waals surface area contributed by atoms with Gasteiger partial charge < -0.3 is 10.1 Å². The van der Waals surface area contributed by atoms with Crippen LogP contribution in [0.5, 0.6) is 5.75 Å². The molecule has 0 atom stereocenters. The number of anilines is 1. The molecular weight excluding hydrogens is 306 g/mol. The van der Waals surface area contributed by atoms with Crippen LogP contribution in [0.2, 0.25) is 0 Å². The Labute approximate surface area is 139 Å². The number of amides is 1. The van der Waals surface area contributed by atoms with Gasteiger partial charge in [-0.05, 0) is 29.8 Å². The Kier molecular flexibility index (Phi) is 4.51. The molecule has 122 valence electrons. The van der Waals surface area contributed by atoms with Gasteiger partial charge in [0.15, 0.2) is 0 Å². The lowest BCUT2D eigenvalue weighted by molar-refractivity contribution is -0.117. The van der Waals surface area contributed by atoms with Crippen LogP contribution in [0.4, 0.5) is 5.69 Å². The van der Waals surface area contributed by atoms with E-state index >= 15 is 0 Å². The summed E-state index contributed by atoms with van der Waals surface area (Å²) in [7, 11) is 1.56. The zero-order chi connectivity index (χ0) is 16.9. The number of aryl methyl sites for hydroxylation is 1. The first-order chi connectivity index (χ1) is 11.7. The first-order valence-electron chi connectivity index (χ1n) is 7.43. The fraction of sp³-hybridized carbons (Fsp3) is 0.176. The molecule has 0 saturated carbocycles. The van der Waals surface area contributed by atoms with Crippen molar-refractivity contribution in [2.75, 3.05) is 12.4 Å². The number of nitrogens with one attached hydrogen (secondary N) is 1. The highest BCUT2D eigenvalue weighted by molar-refractivity contribution is 5.92. The number of hydrogen-bond acceptors (Lipinski definition) is 5. The number of carbonyl (C=O) groups is 1. The second kappa shape index (κ2) is 6.91. The van der Waals surface area contributed by atoms with Crippen molar-refractivity contribution >= 4 is 11.6 Å². The van der Waals surface area contributed by atoms with E-state index in [1.807, 2.05) is 55.5 Å². The second-order valence-electron chi connectivity index (χ2n) is 5.26. The molecule has 2 aromatic carbocycles. The standard InChI is InChI=1S/C17H17N5O2/c1-12-8-9-15(24-2)14(10-12)18-16(23)11-22-20-17(19-21-22)13-6-4-3-5-7-13/h3-10H,11H2,1-2H3,(H,18,23). The lowest BCUT2D eigenvalue weighted by atomic mass is 10.2. The SMILES string of the molecule is COc1ccc(C)cc1NC(=O)Cn1nnc(-c2ccccc2)n1. The first kappa shape index (κ1) is 15.7. The molecule has 7 heteroatoms. The average Bonchev–Trinajstić information content (AvgIpc) is 3.04. The summed E-state index contributed by atoms with van der Waals surface area (Å²) in [6, 6.07) is 15.1. The molecule has 0 spiro atoms. The molecule has 0 fully saturated rings. The fourth-order valence-electron chi connectivity index (χ4n) is 2.25. The van der Waals surface area contributed by atoms with Crippen molar-refractivity contribution < 1.29 is 9.53 Å². The van der Waals surface area contributed by atoms with E-state index in [-0.39, 0.29) is 12.5 Å². The molecule has 3 rings (SSSR count). The van der Waals surface area contributed by atoms with Crippen LogP contribution < -0.4 is 10.1 Å². The number of nitrogens with zero attached hydrogens (tertiary/aromatic N) is 4. The van der Waals surface area contributed by atoms with Crippen LogP contribution >= 0.6 is 0 Å². The summed E-state index contributed by atoms with van der Waals surface area (Å²) in [6.45, 7) is 1.91. The first-order valence-corrected chi connectivity index (χ1v) is 7.43. The lowest BCUT2D eigenvalue weighted by Gasteiger charge is -2.10. The summed E-state index contributed by atoms with van der Waals surface area (Å²) in [5.74, 6) is 0.831. The van der Waals surface area contributed by atoms with Gasteiger partial charge >= 0.3 is 0 Å². The number of ether oxygens (including phenoxy) is 1. The van der Waals surface area contributed by atoms with Gasteiger partial charge in [0.1, 0.15) is 12.3 Å². The van der Waals surface area contributed by atoms with Crippen molar-refractivity contribution in [3.63, 3.8) is 0 Å². The largest absolute Gasteiger partial charge is 0.495 e. The lowest BCUT2D eigenvalue weighted by Crippen LogP contribution is -2.20. The molecule has 7 nitrogen and oxygen atoms in total. The molecule has 1 amide bonds. The number of carbonyl (C=O) groups excluding carboxylic acids is 1. The number of methoxy groups -OCH3 is 1. The Morgan fingerprint density at radius 3 is 2.75 bits per heavy atom. The van der Waals surface area contributed by atoms with Crippen LogP contribution in [0.15, 0.2) is 48.5 Å². The molecule has 1 aromatic heterocycles. The minimum absolute atomic E-state index is 0.0308. The third-order valence-corrected chi connectivity index (χ3v) is 3.40. The molecule has 0 unspecified atom stereocenters. The van der Waals surface area contributed by atoms with Gasteiger partial charge in [-0.1, -0.05) is 36.4 Å². The minimum atomic E-state index is -0.254. The highest BCUT2D eigenvalue weighted by Crippen LogP contribution is 2.25. The van der Waals surface area contributed by atoms with E-state index in [4.69, 9.17) is 4.74 Å². The average molecular weight is 323 g/mol. The van der Waals surface area contributed by atoms with Gasteiger partial charge in [0.05, 0.1) is 12.8 Å². The zero-order valence-electron chi connectivity index (χ0n) is 13.4. The number of aromatic nitrogens is 4. The van der Waals surface area contributed by atoms with Gasteiger partial charge in [-0.25, -0.2) is 0 Å². The van der Waals surface area contributed by atoms with Crippen LogP contribution in [-0.4, -0.2) is 33.2 Å². The van der Waals surface area contributed by atoms with Crippen LogP contribution in [-0.2, 0) is 11.3 Å². The summed E-state index contributed by atoms with van der Waals surface area (Å²) in [5, 5.41) is 14.9. The Balaban J connectivity index is 1.70. The predicted octanol–water partition coefficient (Wildman–Crippen LogP) is 2.30. The Bertz CT molecular complexity index is 845. The predicted molar refractivity (Wildman–Crippen MR) is 89.6 cm³/mol. The maximum absolute atomic E-state index is 12.2. The summed E-state index contributed by atoms with van der Waals surface area (Å²) in [5.41, 5.74) is 2.49. The summed E-state index contributed by atoms with van der Waals surface area (Å²) in [6.07, 6.45) is 0. The molecule has 0 aliphatic carbocycles. The normalized spacial score (nSPS) is 10.4. The van der Waals surface area contributed by atoms with Crippen molar-refractivity contribution in [3.05, 3.63) is 54.1 Å². The van der Waals surface area contributed by atoms with E-state index in [1.54, 1.807) is 7.11 Å². The third kappa shape index (κ3) is 3.57. The Morgan fingerprint density at radius 2 is 2.00 bits per heavy atom. The maximum Gasteiger partial charge on any atom is 0.248 e. The summed E-state index contributed by atoms with van der Waals surface area (Å²) < 4.78 is 5.25. The van der Waals surface area contributed by atoms with Gasteiger partial charge in [-0.15, -0.1) is 10.2 Å². The van der Waals surface area contributed by atoms with Crippen LogP contribution in [0.25, 0.3) is 11.4 Å². The molecule has 0 bridgehead atoms. The van der Waals surface area contributed by atoms with Crippen LogP contribution in [0, 0.1) is 6.92 Å². The summed E-state index contributed by atoms with van der Waals surface area (Å²) in [4.78, 5) is 13.5. The van der Waals surface area contributed by atoms with E-state index in [2.05, 4.69) is 20.7 Å². The smallest absolute Gasteiger partial charge is 0.248 e. The monoisotopic (exact) mass is 323 g/mol. The number of rotatable bonds is 5. The zero-order valence-corrected chi connectivity index (χ0v) is 13.4. The molecule has 0 aliphatic rings. The van der Waals surface area contributed by atoms with E-state index in [0.717, 1.165) is 11.1 Å². The van der Waals surface area contributed by atoms with Gasteiger partial charge in [0.25, 0.3) is 0 Å². The van der Waals surface area contributed by atoms with E-state index in [1.165, 1.54) is 4.80 Å². The van der Waals surface area contributed by atoms with Crippen molar-refractivity contribution in [2.45, 2.75) is 13.5 Å². The van der Waals surface area contributed by atoms with E-state index in [0.29, 0.717) is 17.3 Å². The number of hydrogen-bond donors (Lipinski definition) is 1. The molecule has 1 heterocycles. The Hall–Kier alpha value is -3.22. The van der Waals surface area contributed by atoms with Crippen LogP contribution in [0.3, 0.4) is 0 Å². The summed E-state index contributed by atoms with van der Waals surface area (Å²) >= 11 is 0. The highest BCUT2D eigenvalue weighted by Gasteiger charge is 2.11. The Morgan fingerprint density at radius 1 is 1.21 bits per heavy atom. The van der Waals surface area contributed by atoms with Crippen molar-refractivity contribution in [1.82, 2.24) is 20.2 Å². The third-order valence-electron chi connectivity index (χ3n) is 3.40. The van der Waals surface area contributed by atoms with Crippen LogP contribution in [0.1, 0.15) is 5.56 Å². The molecule has 24 heavy (non-hydrogen) atoms. The van der Waals surface area contributed by atoms with Gasteiger partial charge in [0.2, 0.25) is 11.7 Å². The fourth-order valence-corrected chi connectivity index (χ4v) is 2.25. The van der Waals surface area contributed by atoms with E-state index < -0.39 is 0 Å². The topological polar surface area (TPSA) is 81.9 Å². The van der Waals surface area contributed by atoms with E-state index in [9.17, 15) is 4.79 Å². The molecule has 3 aromatic rings. The van der Waals surface area contributed by atoms with Gasteiger partial charge in [0, 0.05) is 5.56 Å². The quantitative estimate of drug-likeness (QED) is 0.779. The van der Waals surface area contributed by atoms with Crippen molar-refractivity contribution in [2.24, 2.45) is 0 Å². The molecule has 0 radical (unpaired) electrons. The minimum Gasteiger partial charge on any atom is -0.495 e.